The first-order chi connectivity index (χ1) is 13.6. The molecule has 0 aromatic heterocycles. The average molecular weight is 381 g/mol. The van der Waals surface area contributed by atoms with E-state index in [2.05, 4.69) is 4.74 Å². The number of esters is 1. The van der Waals surface area contributed by atoms with E-state index in [-0.39, 0.29) is 12.5 Å². The summed E-state index contributed by atoms with van der Waals surface area (Å²) in [5, 5.41) is 0. The van der Waals surface area contributed by atoms with E-state index in [1.165, 1.54) is 7.11 Å². The van der Waals surface area contributed by atoms with Crippen molar-refractivity contribution in [3.8, 4) is 11.5 Å². The van der Waals surface area contributed by atoms with Crippen LogP contribution in [0.15, 0.2) is 42.5 Å². The highest BCUT2D eigenvalue weighted by Gasteiger charge is 2.30. The van der Waals surface area contributed by atoms with Gasteiger partial charge in [0.1, 0.15) is 0 Å². The molecule has 0 saturated carbocycles. The molecule has 0 aliphatic carbocycles. The Balaban J connectivity index is 1.94. The van der Waals surface area contributed by atoms with E-state index in [9.17, 15) is 9.59 Å². The quantitative estimate of drug-likeness (QED) is 0.542. The molecule has 6 heteroatoms. The van der Waals surface area contributed by atoms with Crippen molar-refractivity contribution in [2.75, 3.05) is 31.8 Å². The minimum atomic E-state index is -0.471. The Bertz CT molecular complexity index is 919. The lowest BCUT2D eigenvalue weighted by atomic mass is 10.0. The number of carbonyl (C=O) groups excluding carboxylic acids is 2. The average Bonchev–Trinajstić information content (AvgIpc) is 2.98. The van der Waals surface area contributed by atoms with E-state index in [1.807, 2.05) is 50.3 Å². The minimum Gasteiger partial charge on any atom is -0.490 e. The zero-order valence-corrected chi connectivity index (χ0v) is 16.2. The van der Waals surface area contributed by atoms with Gasteiger partial charge in [0.05, 0.1) is 19.4 Å². The highest BCUT2D eigenvalue weighted by molar-refractivity contribution is 6.35. The van der Waals surface area contributed by atoms with Crippen LogP contribution in [0, 0.1) is 0 Å². The maximum Gasteiger partial charge on any atom is 0.343 e. The number of likely N-dealkylation sites (N-methyl/N-ethyl adjacent to an activating group) is 1. The van der Waals surface area contributed by atoms with Gasteiger partial charge < -0.3 is 19.1 Å². The van der Waals surface area contributed by atoms with Gasteiger partial charge in [-0.15, -0.1) is 0 Å². The topological polar surface area (TPSA) is 65.1 Å². The first kappa shape index (κ1) is 19.5. The van der Waals surface area contributed by atoms with E-state index >= 15 is 0 Å². The number of benzene rings is 2. The molecule has 2 aromatic carbocycles. The van der Waals surface area contributed by atoms with E-state index < -0.39 is 5.97 Å². The van der Waals surface area contributed by atoms with Crippen molar-refractivity contribution in [2.24, 2.45) is 0 Å². The van der Waals surface area contributed by atoms with Gasteiger partial charge in [-0.3, -0.25) is 4.79 Å². The van der Waals surface area contributed by atoms with Crippen LogP contribution in [0.25, 0.3) is 11.6 Å². The summed E-state index contributed by atoms with van der Waals surface area (Å²) in [6.45, 7) is 4.68. The number of fused-ring (bicyclic) bond motifs is 1. The maximum absolute atomic E-state index is 12.8. The summed E-state index contributed by atoms with van der Waals surface area (Å²) >= 11 is 0. The summed E-state index contributed by atoms with van der Waals surface area (Å²) in [6, 6.07) is 13.1. The molecule has 1 heterocycles. The lowest BCUT2D eigenvalue weighted by Gasteiger charge is -2.13. The molecule has 146 valence electrons. The molecule has 0 spiro atoms. The van der Waals surface area contributed by atoms with Crippen LogP contribution in [0.1, 0.15) is 25.0 Å². The molecular formula is C22H23NO5. The molecule has 3 rings (SSSR count). The number of ether oxygens (including phenoxy) is 3. The lowest BCUT2D eigenvalue weighted by molar-refractivity contribution is -0.142. The summed E-state index contributed by atoms with van der Waals surface area (Å²) < 4.78 is 15.7. The van der Waals surface area contributed by atoms with Crippen LogP contribution in [0.5, 0.6) is 11.5 Å². The van der Waals surface area contributed by atoms with Crippen molar-refractivity contribution in [2.45, 2.75) is 13.8 Å². The van der Waals surface area contributed by atoms with Gasteiger partial charge in [-0.25, -0.2) is 4.79 Å². The Morgan fingerprint density at radius 1 is 1.07 bits per heavy atom. The molecule has 28 heavy (non-hydrogen) atoms. The monoisotopic (exact) mass is 381 g/mol. The van der Waals surface area contributed by atoms with Crippen LogP contribution < -0.4 is 14.4 Å². The van der Waals surface area contributed by atoms with E-state index in [4.69, 9.17) is 9.47 Å². The highest BCUT2D eigenvalue weighted by atomic mass is 16.6. The highest BCUT2D eigenvalue weighted by Crippen LogP contribution is 2.38. The lowest BCUT2D eigenvalue weighted by Crippen LogP contribution is -2.25. The fourth-order valence-corrected chi connectivity index (χ4v) is 3.12. The van der Waals surface area contributed by atoms with Gasteiger partial charge in [-0.05, 0) is 43.7 Å². The predicted octanol–water partition coefficient (Wildman–Crippen LogP) is 3.54. The van der Waals surface area contributed by atoms with E-state index in [0.29, 0.717) is 30.2 Å². The van der Waals surface area contributed by atoms with Crippen LogP contribution in [0.4, 0.5) is 5.69 Å². The first-order valence-corrected chi connectivity index (χ1v) is 9.18. The number of hydrogen-bond acceptors (Lipinski definition) is 5. The zero-order valence-electron chi connectivity index (χ0n) is 16.2. The molecule has 0 bridgehead atoms. The Hall–Kier alpha value is -3.28. The molecule has 0 atom stereocenters. The Kier molecular flexibility index (Phi) is 5.99. The number of amides is 1. The van der Waals surface area contributed by atoms with Crippen LogP contribution >= 0.6 is 0 Å². The SMILES string of the molecule is CCOc1cc(/C=C2\C(=O)N(CC)c3ccccc32)ccc1OCC(=O)OC. The molecular weight excluding hydrogens is 358 g/mol. The van der Waals surface area contributed by atoms with Gasteiger partial charge in [-0.2, -0.15) is 0 Å². The molecule has 0 radical (unpaired) electrons. The minimum absolute atomic E-state index is 0.0207. The molecule has 0 unspecified atom stereocenters. The van der Waals surface area contributed by atoms with Crippen molar-refractivity contribution in [1.29, 1.82) is 0 Å². The third kappa shape index (κ3) is 3.86. The molecule has 1 amide bonds. The number of methoxy groups -OCH3 is 1. The van der Waals surface area contributed by atoms with Gasteiger partial charge in [0, 0.05) is 17.7 Å². The number of rotatable bonds is 7. The molecule has 6 nitrogen and oxygen atoms in total. The fourth-order valence-electron chi connectivity index (χ4n) is 3.12. The smallest absolute Gasteiger partial charge is 0.343 e. The number of nitrogens with zero attached hydrogens (tertiary/aromatic N) is 1. The summed E-state index contributed by atoms with van der Waals surface area (Å²) in [5.74, 6) is 0.462. The number of carbonyl (C=O) groups is 2. The normalized spacial score (nSPS) is 14.2. The first-order valence-electron chi connectivity index (χ1n) is 9.18. The van der Waals surface area contributed by atoms with Gasteiger partial charge in [0.15, 0.2) is 18.1 Å². The maximum atomic E-state index is 12.8. The summed E-state index contributed by atoms with van der Waals surface area (Å²) in [4.78, 5) is 25.9. The second-order valence-corrected chi connectivity index (χ2v) is 6.13. The van der Waals surface area contributed by atoms with Crippen LogP contribution in [-0.2, 0) is 14.3 Å². The molecule has 1 aliphatic rings. The van der Waals surface area contributed by atoms with Gasteiger partial charge in [0.2, 0.25) is 0 Å². The van der Waals surface area contributed by atoms with Crippen molar-refractivity contribution < 1.29 is 23.8 Å². The van der Waals surface area contributed by atoms with Crippen LogP contribution in [-0.4, -0.2) is 38.7 Å². The largest absolute Gasteiger partial charge is 0.490 e. The third-order valence-electron chi connectivity index (χ3n) is 4.43. The van der Waals surface area contributed by atoms with Crippen molar-refractivity contribution in [3.63, 3.8) is 0 Å². The molecule has 0 N–H and O–H groups in total. The summed E-state index contributed by atoms with van der Waals surface area (Å²) in [7, 11) is 1.31. The molecule has 1 aliphatic heterocycles. The van der Waals surface area contributed by atoms with Crippen LogP contribution in [0.2, 0.25) is 0 Å². The zero-order chi connectivity index (χ0) is 20.1. The van der Waals surface area contributed by atoms with Crippen molar-refractivity contribution in [3.05, 3.63) is 53.6 Å². The van der Waals surface area contributed by atoms with E-state index in [0.717, 1.165) is 16.8 Å². The van der Waals surface area contributed by atoms with Gasteiger partial charge >= 0.3 is 5.97 Å². The Morgan fingerprint density at radius 3 is 2.57 bits per heavy atom. The Labute approximate surface area is 164 Å². The third-order valence-corrected chi connectivity index (χ3v) is 4.43. The summed E-state index contributed by atoms with van der Waals surface area (Å²) in [6.07, 6.45) is 1.85. The van der Waals surface area contributed by atoms with Gasteiger partial charge in [0.25, 0.3) is 5.91 Å². The predicted molar refractivity (Wildman–Crippen MR) is 107 cm³/mol. The molecule has 0 fully saturated rings. The Morgan fingerprint density at radius 2 is 1.86 bits per heavy atom. The number of hydrogen-bond donors (Lipinski definition) is 0. The second-order valence-electron chi connectivity index (χ2n) is 6.13. The molecule has 0 saturated heterocycles. The number of anilines is 1. The second kappa shape index (κ2) is 8.61. The van der Waals surface area contributed by atoms with Crippen LogP contribution in [0.3, 0.4) is 0 Å². The van der Waals surface area contributed by atoms with Crippen molar-refractivity contribution >= 4 is 29.2 Å². The fraction of sp³-hybridized carbons (Fsp3) is 0.273. The van der Waals surface area contributed by atoms with Gasteiger partial charge in [-0.1, -0.05) is 24.3 Å². The van der Waals surface area contributed by atoms with E-state index in [1.54, 1.807) is 17.0 Å². The number of para-hydroxylation sites is 1. The standard InChI is InChI=1S/C22H23NO5/c1-4-23-18-9-7-6-8-16(18)17(22(23)25)12-15-10-11-19(20(13-15)27-5-2)28-14-21(24)26-3/h6-13H,4-5,14H2,1-3H3/b17-12-. The molecule has 2 aromatic rings. The summed E-state index contributed by atoms with van der Waals surface area (Å²) in [5.41, 5.74) is 3.29. The van der Waals surface area contributed by atoms with Crippen molar-refractivity contribution in [1.82, 2.24) is 0 Å².